The van der Waals surface area contributed by atoms with E-state index in [0.29, 0.717) is 11.5 Å². The molecular formula is C15H18N2O3. The lowest BCUT2D eigenvalue weighted by molar-refractivity contribution is 0.0965. The molecule has 0 radical (unpaired) electrons. The average molecular weight is 274 g/mol. The van der Waals surface area contributed by atoms with Gasteiger partial charge in [0.2, 0.25) is 5.91 Å². The Morgan fingerprint density at radius 3 is 2.40 bits per heavy atom. The van der Waals surface area contributed by atoms with Crippen LogP contribution < -0.4 is 5.73 Å². The molecule has 0 spiro atoms. The number of benzene rings is 1. The molecule has 2 heterocycles. The number of amides is 2. The van der Waals surface area contributed by atoms with E-state index in [-0.39, 0.29) is 12.1 Å². The molecule has 2 amide bonds. The van der Waals surface area contributed by atoms with Crippen molar-refractivity contribution in [3.8, 4) is 0 Å². The predicted molar refractivity (Wildman–Crippen MR) is 73.6 cm³/mol. The van der Waals surface area contributed by atoms with Crippen LogP contribution in [-0.4, -0.2) is 34.1 Å². The fourth-order valence-electron chi connectivity index (χ4n) is 3.71. The van der Waals surface area contributed by atoms with E-state index in [1.165, 1.54) is 0 Å². The summed E-state index contributed by atoms with van der Waals surface area (Å²) in [5.74, 6) is -0.0970. The second kappa shape index (κ2) is 4.81. The molecule has 0 aromatic heterocycles. The van der Waals surface area contributed by atoms with E-state index in [9.17, 15) is 14.7 Å². The number of hydrogen-bond acceptors (Lipinski definition) is 2. The average Bonchev–Trinajstić information content (AvgIpc) is 2.70. The first-order valence-electron chi connectivity index (χ1n) is 6.97. The van der Waals surface area contributed by atoms with Gasteiger partial charge in [-0.1, -0.05) is 12.1 Å². The summed E-state index contributed by atoms with van der Waals surface area (Å²) < 4.78 is 0. The molecule has 2 aliphatic heterocycles. The molecule has 0 aliphatic carbocycles. The van der Waals surface area contributed by atoms with Crippen molar-refractivity contribution in [1.82, 2.24) is 4.90 Å². The number of rotatable bonds is 2. The molecule has 20 heavy (non-hydrogen) atoms. The molecule has 1 aromatic carbocycles. The van der Waals surface area contributed by atoms with Crippen molar-refractivity contribution < 1.29 is 14.7 Å². The van der Waals surface area contributed by atoms with Gasteiger partial charge in [-0.05, 0) is 49.3 Å². The van der Waals surface area contributed by atoms with Crippen molar-refractivity contribution in [2.24, 2.45) is 5.73 Å². The standard InChI is InChI=1S/C15H18N2O3/c16-14(18)10-3-1-2-9(6-10)11-7-12-4-5-13(8-11)17(12)15(19)20/h1-3,6,11-13H,4-5,7-8H2,(H2,16,18)(H,19,20). The molecule has 2 aliphatic rings. The summed E-state index contributed by atoms with van der Waals surface area (Å²) in [4.78, 5) is 24.1. The van der Waals surface area contributed by atoms with Gasteiger partial charge in [0.25, 0.3) is 0 Å². The summed E-state index contributed by atoms with van der Waals surface area (Å²) in [6.07, 6.45) is 2.77. The van der Waals surface area contributed by atoms with Crippen LogP contribution in [0.1, 0.15) is 47.5 Å². The van der Waals surface area contributed by atoms with Crippen LogP contribution in [0.2, 0.25) is 0 Å². The van der Waals surface area contributed by atoms with Gasteiger partial charge >= 0.3 is 6.09 Å². The lowest BCUT2D eigenvalue weighted by Gasteiger charge is -2.37. The molecule has 106 valence electrons. The topological polar surface area (TPSA) is 83.6 Å². The number of nitrogens with two attached hydrogens (primary N) is 1. The van der Waals surface area contributed by atoms with Crippen LogP contribution in [-0.2, 0) is 0 Å². The maximum absolute atomic E-state index is 11.3. The SMILES string of the molecule is NC(=O)c1cccc(C2CC3CCC(C2)N3C(=O)O)c1. The number of fused-ring (bicyclic) bond motifs is 2. The second-order valence-electron chi connectivity index (χ2n) is 5.73. The molecule has 2 unspecified atom stereocenters. The third kappa shape index (κ3) is 2.13. The maximum atomic E-state index is 11.3. The smallest absolute Gasteiger partial charge is 0.407 e. The Hall–Kier alpha value is -2.04. The normalized spacial score (nSPS) is 28.4. The summed E-state index contributed by atoms with van der Waals surface area (Å²) in [6, 6.07) is 7.66. The van der Waals surface area contributed by atoms with Gasteiger partial charge in [-0.3, -0.25) is 4.79 Å². The molecule has 2 atom stereocenters. The largest absolute Gasteiger partial charge is 0.465 e. The summed E-state index contributed by atoms with van der Waals surface area (Å²) in [6.45, 7) is 0. The number of carbonyl (C=O) groups is 2. The Labute approximate surface area is 117 Å². The van der Waals surface area contributed by atoms with Crippen LogP contribution in [0.25, 0.3) is 0 Å². The molecule has 3 rings (SSSR count). The van der Waals surface area contributed by atoms with Crippen LogP contribution in [0.4, 0.5) is 4.79 Å². The van der Waals surface area contributed by atoms with E-state index in [1.54, 1.807) is 11.0 Å². The van der Waals surface area contributed by atoms with Crippen LogP contribution >= 0.6 is 0 Å². The highest BCUT2D eigenvalue weighted by Gasteiger charge is 2.43. The Balaban J connectivity index is 1.82. The molecule has 2 fully saturated rings. The number of primary amides is 1. The zero-order valence-electron chi connectivity index (χ0n) is 11.2. The fraction of sp³-hybridized carbons (Fsp3) is 0.467. The van der Waals surface area contributed by atoms with Crippen LogP contribution in [0.15, 0.2) is 24.3 Å². The zero-order chi connectivity index (χ0) is 14.3. The second-order valence-corrected chi connectivity index (χ2v) is 5.73. The van der Waals surface area contributed by atoms with Gasteiger partial charge in [-0.2, -0.15) is 0 Å². The summed E-state index contributed by atoms with van der Waals surface area (Å²) >= 11 is 0. The zero-order valence-corrected chi connectivity index (χ0v) is 11.2. The van der Waals surface area contributed by atoms with Crippen LogP contribution in [0, 0.1) is 0 Å². The third-order valence-corrected chi connectivity index (χ3v) is 4.60. The van der Waals surface area contributed by atoms with Crippen molar-refractivity contribution in [1.29, 1.82) is 0 Å². The Morgan fingerprint density at radius 2 is 1.85 bits per heavy atom. The van der Waals surface area contributed by atoms with Crippen molar-refractivity contribution in [2.75, 3.05) is 0 Å². The highest BCUT2D eigenvalue weighted by Crippen LogP contribution is 2.43. The van der Waals surface area contributed by atoms with E-state index in [2.05, 4.69) is 0 Å². The fourth-order valence-corrected chi connectivity index (χ4v) is 3.71. The molecule has 0 saturated carbocycles. The van der Waals surface area contributed by atoms with E-state index in [1.807, 2.05) is 18.2 Å². The van der Waals surface area contributed by atoms with Gasteiger partial charge in [0.15, 0.2) is 0 Å². The van der Waals surface area contributed by atoms with E-state index in [0.717, 1.165) is 31.2 Å². The molecule has 2 saturated heterocycles. The predicted octanol–water partition coefficient (Wildman–Crippen LogP) is 2.17. The molecular weight excluding hydrogens is 256 g/mol. The monoisotopic (exact) mass is 274 g/mol. The minimum Gasteiger partial charge on any atom is -0.465 e. The number of nitrogens with zero attached hydrogens (tertiary/aromatic N) is 1. The quantitative estimate of drug-likeness (QED) is 0.867. The number of piperidine rings is 1. The van der Waals surface area contributed by atoms with Gasteiger partial charge in [0.1, 0.15) is 0 Å². The lowest BCUT2D eigenvalue weighted by atomic mass is 9.84. The third-order valence-electron chi connectivity index (χ3n) is 4.60. The van der Waals surface area contributed by atoms with Gasteiger partial charge in [0.05, 0.1) is 0 Å². The van der Waals surface area contributed by atoms with Crippen molar-refractivity contribution in [2.45, 2.75) is 43.7 Å². The summed E-state index contributed by atoms with van der Waals surface area (Å²) in [5, 5.41) is 9.26. The highest BCUT2D eigenvalue weighted by atomic mass is 16.4. The van der Waals surface area contributed by atoms with E-state index < -0.39 is 12.0 Å². The highest BCUT2D eigenvalue weighted by molar-refractivity contribution is 5.92. The molecule has 3 N–H and O–H groups in total. The van der Waals surface area contributed by atoms with Gasteiger partial charge in [0, 0.05) is 17.6 Å². The first-order chi connectivity index (χ1) is 9.56. The lowest BCUT2D eigenvalue weighted by Crippen LogP contribution is -2.45. The van der Waals surface area contributed by atoms with Crippen molar-refractivity contribution >= 4 is 12.0 Å². The first kappa shape index (κ1) is 13.0. The van der Waals surface area contributed by atoms with Crippen molar-refractivity contribution in [3.05, 3.63) is 35.4 Å². The summed E-state index contributed by atoms with van der Waals surface area (Å²) in [5.41, 5.74) is 6.94. The molecule has 2 bridgehead atoms. The minimum absolute atomic E-state index is 0.119. The minimum atomic E-state index is -0.804. The number of hydrogen-bond donors (Lipinski definition) is 2. The molecule has 5 nitrogen and oxygen atoms in total. The Kier molecular flexibility index (Phi) is 3.12. The maximum Gasteiger partial charge on any atom is 0.407 e. The van der Waals surface area contributed by atoms with E-state index in [4.69, 9.17) is 5.73 Å². The Bertz CT molecular complexity index is 544. The van der Waals surface area contributed by atoms with Crippen LogP contribution in [0.5, 0.6) is 0 Å². The van der Waals surface area contributed by atoms with E-state index >= 15 is 0 Å². The molecule has 5 heteroatoms. The van der Waals surface area contributed by atoms with Gasteiger partial charge in [-0.15, -0.1) is 0 Å². The number of carboxylic acid groups (broad SMARTS) is 1. The summed E-state index contributed by atoms with van der Waals surface area (Å²) in [7, 11) is 0. The van der Waals surface area contributed by atoms with Crippen LogP contribution in [0.3, 0.4) is 0 Å². The van der Waals surface area contributed by atoms with Gasteiger partial charge in [-0.25, -0.2) is 4.79 Å². The number of carbonyl (C=O) groups excluding carboxylic acids is 1. The van der Waals surface area contributed by atoms with Gasteiger partial charge < -0.3 is 15.7 Å². The van der Waals surface area contributed by atoms with Crippen molar-refractivity contribution in [3.63, 3.8) is 0 Å². The first-order valence-corrected chi connectivity index (χ1v) is 6.97. The Morgan fingerprint density at radius 1 is 1.20 bits per heavy atom. The molecule has 1 aromatic rings.